The summed E-state index contributed by atoms with van der Waals surface area (Å²) in [5.74, 6) is 0.709. The molecule has 1 unspecified atom stereocenters. The third-order valence-corrected chi connectivity index (χ3v) is 4.21. The van der Waals surface area contributed by atoms with Crippen LogP contribution in [-0.2, 0) is 11.2 Å². The van der Waals surface area contributed by atoms with E-state index in [1.165, 1.54) is 6.42 Å². The number of methoxy groups -OCH3 is 1. The molecule has 4 heteroatoms. The summed E-state index contributed by atoms with van der Waals surface area (Å²) in [6.07, 6.45) is 6.53. The monoisotopic (exact) mass is 265 g/mol. The summed E-state index contributed by atoms with van der Waals surface area (Å²) < 4.78 is 11.0. The average Bonchev–Trinajstić information content (AvgIpc) is 2.77. The van der Waals surface area contributed by atoms with Gasteiger partial charge < -0.3 is 14.5 Å². The van der Waals surface area contributed by atoms with Crippen molar-refractivity contribution < 1.29 is 13.9 Å². The predicted octanol–water partition coefficient (Wildman–Crippen LogP) is 2.92. The molecule has 106 valence electrons. The normalized spacial score (nSPS) is 18.7. The van der Waals surface area contributed by atoms with E-state index in [4.69, 9.17) is 9.15 Å². The Balaban J connectivity index is 2.02. The van der Waals surface area contributed by atoms with E-state index in [1.807, 2.05) is 6.92 Å². The lowest BCUT2D eigenvalue weighted by Gasteiger charge is -2.45. The third kappa shape index (κ3) is 2.68. The van der Waals surface area contributed by atoms with Crippen molar-refractivity contribution in [2.75, 3.05) is 7.11 Å². The molecule has 2 rings (SSSR count). The summed E-state index contributed by atoms with van der Waals surface area (Å²) in [4.78, 5) is 12.3. The maximum Gasteiger partial charge on any atom is 0.255 e. The van der Waals surface area contributed by atoms with Gasteiger partial charge in [0.2, 0.25) is 0 Å². The van der Waals surface area contributed by atoms with Gasteiger partial charge in [0.25, 0.3) is 5.91 Å². The van der Waals surface area contributed by atoms with Crippen LogP contribution in [0.1, 0.15) is 55.6 Å². The highest BCUT2D eigenvalue weighted by atomic mass is 16.5. The minimum atomic E-state index is -0.176. The van der Waals surface area contributed by atoms with E-state index in [9.17, 15) is 4.79 Å². The number of amides is 1. The molecule has 1 fully saturated rings. The smallest absolute Gasteiger partial charge is 0.255 e. The number of furan rings is 1. The number of nitrogens with one attached hydrogen (secondary N) is 1. The molecule has 1 saturated carbocycles. The first kappa shape index (κ1) is 14.1. The maximum absolute atomic E-state index is 12.3. The van der Waals surface area contributed by atoms with Gasteiger partial charge in [0.05, 0.1) is 23.5 Å². The molecule has 4 nitrogen and oxygen atoms in total. The number of carbonyl (C=O) groups excluding carboxylic acids is 1. The zero-order chi connectivity index (χ0) is 13.9. The molecule has 1 aromatic rings. The van der Waals surface area contributed by atoms with Gasteiger partial charge in [0.1, 0.15) is 5.76 Å². The molecule has 19 heavy (non-hydrogen) atoms. The van der Waals surface area contributed by atoms with Crippen LogP contribution >= 0.6 is 0 Å². The Kier molecular flexibility index (Phi) is 4.30. The van der Waals surface area contributed by atoms with E-state index in [0.717, 1.165) is 31.4 Å². The molecule has 1 heterocycles. The highest BCUT2D eigenvalue weighted by molar-refractivity contribution is 5.95. The average molecular weight is 265 g/mol. The lowest BCUT2D eigenvalue weighted by Crippen LogP contribution is -2.56. The van der Waals surface area contributed by atoms with Crippen molar-refractivity contribution in [3.8, 4) is 0 Å². The van der Waals surface area contributed by atoms with E-state index < -0.39 is 0 Å². The first-order chi connectivity index (χ1) is 9.13. The molecule has 0 spiro atoms. The number of ether oxygens (including phenoxy) is 1. The standard InChI is InChI=1S/C15H23NO3/c1-4-6-13-12(7-10-19-13)14(17)16-11(2)15(18-3)8-5-9-15/h7,10-11H,4-6,8-9H2,1-3H3,(H,16,17). The molecule has 0 radical (unpaired) electrons. The first-order valence-electron chi connectivity index (χ1n) is 7.05. The minimum absolute atomic E-state index is 0.0168. The van der Waals surface area contributed by atoms with Crippen molar-refractivity contribution in [1.29, 1.82) is 0 Å². The summed E-state index contributed by atoms with van der Waals surface area (Å²) in [6, 6.07) is 1.76. The first-order valence-corrected chi connectivity index (χ1v) is 7.05. The highest BCUT2D eigenvalue weighted by Crippen LogP contribution is 2.38. The second-order valence-corrected chi connectivity index (χ2v) is 5.33. The second-order valence-electron chi connectivity index (χ2n) is 5.33. The van der Waals surface area contributed by atoms with E-state index in [1.54, 1.807) is 19.4 Å². The van der Waals surface area contributed by atoms with Crippen LogP contribution in [0.5, 0.6) is 0 Å². The van der Waals surface area contributed by atoms with Crippen LogP contribution < -0.4 is 5.32 Å². The van der Waals surface area contributed by atoms with E-state index in [-0.39, 0.29) is 17.6 Å². The lowest BCUT2D eigenvalue weighted by atomic mass is 9.75. The predicted molar refractivity (Wildman–Crippen MR) is 73.2 cm³/mol. The molecule has 1 aliphatic carbocycles. The molecule has 1 amide bonds. The Morgan fingerprint density at radius 3 is 2.84 bits per heavy atom. The highest BCUT2D eigenvalue weighted by Gasteiger charge is 2.43. The van der Waals surface area contributed by atoms with Gasteiger partial charge in [-0.3, -0.25) is 4.79 Å². The lowest BCUT2D eigenvalue weighted by molar-refractivity contribution is -0.0919. The fourth-order valence-electron chi connectivity index (χ4n) is 2.71. The largest absolute Gasteiger partial charge is 0.469 e. The topological polar surface area (TPSA) is 51.5 Å². The quantitative estimate of drug-likeness (QED) is 0.860. The molecular formula is C15H23NO3. The van der Waals surface area contributed by atoms with E-state index >= 15 is 0 Å². The maximum atomic E-state index is 12.3. The van der Waals surface area contributed by atoms with Gasteiger partial charge in [0.15, 0.2) is 0 Å². The Labute approximate surface area is 114 Å². The van der Waals surface area contributed by atoms with E-state index in [2.05, 4.69) is 12.2 Å². The number of hydrogen-bond donors (Lipinski definition) is 1. The number of rotatable bonds is 6. The summed E-state index contributed by atoms with van der Waals surface area (Å²) in [7, 11) is 1.72. The van der Waals surface area contributed by atoms with Crippen molar-refractivity contribution >= 4 is 5.91 Å². The summed E-state index contributed by atoms with van der Waals surface area (Å²) >= 11 is 0. The second kappa shape index (κ2) is 5.78. The molecule has 1 aromatic heterocycles. The molecule has 0 saturated heterocycles. The van der Waals surface area contributed by atoms with E-state index in [0.29, 0.717) is 5.56 Å². The SMILES string of the molecule is CCCc1occc1C(=O)NC(C)C1(OC)CCC1. The molecule has 1 aliphatic rings. The van der Waals surface area contributed by atoms with Gasteiger partial charge in [0, 0.05) is 13.5 Å². The van der Waals surface area contributed by atoms with Crippen LogP contribution in [0, 0.1) is 0 Å². The Bertz CT molecular complexity index is 429. The van der Waals surface area contributed by atoms with Gasteiger partial charge >= 0.3 is 0 Å². The third-order valence-electron chi connectivity index (χ3n) is 4.21. The molecular weight excluding hydrogens is 242 g/mol. The van der Waals surface area contributed by atoms with Gasteiger partial charge in [-0.05, 0) is 38.7 Å². The van der Waals surface area contributed by atoms with Gasteiger partial charge in [-0.25, -0.2) is 0 Å². The molecule has 0 aliphatic heterocycles. The zero-order valence-electron chi connectivity index (χ0n) is 12.0. The van der Waals surface area contributed by atoms with Gasteiger partial charge in [-0.2, -0.15) is 0 Å². The summed E-state index contributed by atoms with van der Waals surface area (Å²) in [6.45, 7) is 4.08. The summed E-state index contributed by atoms with van der Waals surface area (Å²) in [5, 5.41) is 3.05. The Morgan fingerprint density at radius 2 is 2.32 bits per heavy atom. The van der Waals surface area contributed by atoms with Crippen LogP contribution in [0.25, 0.3) is 0 Å². The molecule has 0 aromatic carbocycles. The minimum Gasteiger partial charge on any atom is -0.469 e. The molecule has 1 atom stereocenters. The number of aryl methyl sites for hydroxylation is 1. The van der Waals surface area contributed by atoms with Crippen LogP contribution in [0.3, 0.4) is 0 Å². The molecule has 0 bridgehead atoms. The van der Waals surface area contributed by atoms with Crippen molar-refractivity contribution in [3.63, 3.8) is 0 Å². The van der Waals surface area contributed by atoms with Crippen LogP contribution in [0.2, 0.25) is 0 Å². The number of hydrogen-bond acceptors (Lipinski definition) is 3. The Hall–Kier alpha value is -1.29. The van der Waals surface area contributed by atoms with Crippen LogP contribution in [0.4, 0.5) is 0 Å². The Morgan fingerprint density at radius 1 is 1.58 bits per heavy atom. The van der Waals surface area contributed by atoms with Crippen LogP contribution in [0.15, 0.2) is 16.7 Å². The van der Waals surface area contributed by atoms with Gasteiger partial charge in [-0.1, -0.05) is 6.92 Å². The fraction of sp³-hybridized carbons (Fsp3) is 0.667. The van der Waals surface area contributed by atoms with Crippen LogP contribution in [-0.4, -0.2) is 24.7 Å². The van der Waals surface area contributed by atoms with Crippen molar-refractivity contribution in [3.05, 3.63) is 23.7 Å². The fourth-order valence-corrected chi connectivity index (χ4v) is 2.71. The van der Waals surface area contributed by atoms with Crippen molar-refractivity contribution in [1.82, 2.24) is 5.32 Å². The zero-order valence-corrected chi connectivity index (χ0v) is 12.0. The number of carbonyl (C=O) groups is 1. The summed E-state index contributed by atoms with van der Waals surface area (Å²) in [5.41, 5.74) is 0.476. The van der Waals surface area contributed by atoms with Crippen molar-refractivity contribution in [2.24, 2.45) is 0 Å². The van der Waals surface area contributed by atoms with Gasteiger partial charge in [-0.15, -0.1) is 0 Å². The van der Waals surface area contributed by atoms with Crippen molar-refractivity contribution in [2.45, 2.75) is 57.6 Å². The molecule has 1 N–H and O–H groups in total.